The van der Waals surface area contributed by atoms with Gasteiger partial charge in [0.05, 0.1) is 5.75 Å². The number of rotatable bonds is 6. The molecule has 0 saturated carbocycles. The van der Waals surface area contributed by atoms with E-state index in [1.165, 1.54) is 29.7 Å². The number of sulfonamides is 1. The molecule has 0 aromatic carbocycles. The van der Waals surface area contributed by atoms with Gasteiger partial charge in [0, 0.05) is 6.07 Å². The van der Waals surface area contributed by atoms with Gasteiger partial charge >= 0.3 is 0 Å². The van der Waals surface area contributed by atoms with Gasteiger partial charge in [-0.15, -0.1) is 0 Å². The van der Waals surface area contributed by atoms with Crippen LogP contribution >= 0.6 is 0 Å². The summed E-state index contributed by atoms with van der Waals surface area (Å²) in [6.07, 6.45) is 5.53. The normalized spacial score (nSPS) is 11.4. The third-order valence-electron chi connectivity index (χ3n) is 2.33. The first-order valence-corrected chi connectivity index (χ1v) is 7.43. The Bertz CT molecular complexity index is 625. The average Bonchev–Trinajstić information content (AvgIpc) is 2.90. The lowest BCUT2D eigenvalue weighted by Crippen LogP contribution is -2.17. The van der Waals surface area contributed by atoms with Crippen LogP contribution in [-0.4, -0.2) is 38.9 Å². The molecule has 8 nitrogen and oxygen atoms in total. The lowest BCUT2D eigenvalue weighted by atomic mass is 10.4. The Hall–Kier alpha value is -2.03. The van der Waals surface area contributed by atoms with Crippen LogP contribution in [0.25, 0.3) is 5.82 Å². The highest BCUT2D eigenvalue weighted by Crippen LogP contribution is 2.09. The van der Waals surface area contributed by atoms with Crippen LogP contribution in [0.2, 0.25) is 0 Å². The van der Waals surface area contributed by atoms with E-state index in [2.05, 4.69) is 24.8 Å². The van der Waals surface area contributed by atoms with Crippen molar-refractivity contribution in [3.05, 3.63) is 25.0 Å². The SMILES string of the molecule is CCCCS(=O)(=O)Nc1cc(-n2cncn2)ncn1. The van der Waals surface area contributed by atoms with E-state index in [1.54, 1.807) is 0 Å². The zero-order valence-corrected chi connectivity index (χ0v) is 11.2. The van der Waals surface area contributed by atoms with Crippen molar-refractivity contribution in [1.29, 1.82) is 0 Å². The molecular formula is C10H14N6O2S. The van der Waals surface area contributed by atoms with E-state index in [-0.39, 0.29) is 11.6 Å². The largest absolute Gasteiger partial charge is 0.267 e. The lowest BCUT2D eigenvalue weighted by Gasteiger charge is -2.07. The molecule has 2 rings (SSSR count). The summed E-state index contributed by atoms with van der Waals surface area (Å²) in [5.41, 5.74) is 0. The number of nitrogens with zero attached hydrogens (tertiary/aromatic N) is 5. The minimum atomic E-state index is -3.37. The van der Waals surface area contributed by atoms with E-state index in [0.29, 0.717) is 12.2 Å². The summed E-state index contributed by atoms with van der Waals surface area (Å²) in [4.78, 5) is 11.7. The van der Waals surface area contributed by atoms with Gasteiger partial charge in [-0.25, -0.2) is 28.1 Å². The van der Waals surface area contributed by atoms with Crippen LogP contribution in [0, 0.1) is 0 Å². The van der Waals surface area contributed by atoms with Crippen molar-refractivity contribution in [3.8, 4) is 5.82 Å². The van der Waals surface area contributed by atoms with Crippen LogP contribution in [0.4, 0.5) is 5.82 Å². The van der Waals surface area contributed by atoms with Gasteiger partial charge in [-0.1, -0.05) is 13.3 Å². The van der Waals surface area contributed by atoms with Crippen molar-refractivity contribution in [1.82, 2.24) is 24.7 Å². The summed E-state index contributed by atoms with van der Waals surface area (Å²) >= 11 is 0. The van der Waals surface area contributed by atoms with Crippen molar-refractivity contribution in [2.45, 2.75) is 19.8 Å². The zero-order chi connectivity index (χ0) is 13.7. The molecule has 0 spiro atoms. The molecule has 0 saturated heterocycles. The molecule has 0 aliphatic carbocycles. The Morgan fingerprint density at radius 3 is 2.84 bits per heavy atom. The molecular weight excluding hydrogens is 268 g/mol. The first-order chi connectivity index (χ1) is 9.11. The second kappa shape index (κ2) is 5.74. The minimum absolute atomic E-state index is 0.0756. The molecule has 0 atom stereocenters. The molecule has 2 aromatic rings. The summed E-state index contributed by atoms with van der Waals surface area (Å²) in [5, 5.41) is 3.91. The second-order valence-electron chi connectivity index (χ2n) is 3.88. The fraction of sp³-hybridized carbons (Fsp3) is 0.400. The van der Waals surface area contributed by atoms with E-state index < -0.39 is 10.0 Å². The first kappa shape index (κ1) is 13.4. The fourth-order valence-electron chi connectivity index (χ4n) is 1.40. The maximum absolute atomic E-state index is 11.8. The second-order valence-corrected chi connectivity index (χ2v) is 5.72. The van der Waals surface area contributed by atoms with Crippen molar-refractivity contribution in [3.63, 3.8) is 0 Å². The summed E-state index contributed by atoms with van der Waals surface area (Å²) in [5.74, 6) is 0.740. The van der Waals surface area contributed by atoms with E-state index >= 15 is 0 Å². The predicted octanol–water partition coefficient (Wildman–Crippen LogP) is 0.599. The van der Waals surface area contributed by atoms with Crippen molar-refractivity contribution >= 4 is 15.8 Å². The van der Waals surface area contributed by atoms with E-state index in [0.717, 1.165) is 6.42 Å². The van der Waals surface area contributed by atoms with Crippen LogP contribution in [0.15, 0.2) is 25.0 Å². The topological polar surface area (TPSA) is 103 Å². The maximum Gasteiger partial charge on any atom is 0.233 e. The van der Waals surface area contributed by atoms with Crippen molar-refractivity contribution < 1.29 is 8.42 Å². The van der Waals surface area contributed by atoms with E-state index in [4.69, 9.17) is 0 Å². The Balaban J connectivity index is 2.16. The zero-order valence-electron chi connectivity index (χ0n) is 10.4. The van der Waals surface area contributed by atoms with Gasteiger partial charge in [0.25, 0.3) is 0 Å². The molecule has 0 bridgehead atoms. The third kappa shape index (κ3) is 3.71. The van der Waals surface area contributed by atoms with E-state index in [9.17, 15) is 8.42 Å². The minimum Gasteiger partial charge on any atom is -0.267 e. The van der Waals surface area contributed by atoms with Crippen molar-refractivity contribution in [2.75, 3.05) is 10.5 Å². The molecule has 102 valence electrons. The number of unbranched alkanes of at least 4 members (excludes halogenated alkanes) is 1. The van der Waals surface area contributed by atoms with Crippen LogP contribution in [-0.2, 0) is 10.0 Å². The van der Waals surface area contributed by atoms with Gasteiger partial charge in [-0.05, 0) is 6.42 Å². The molecule has 2 aromatic heterocycles. The summed E-state index contributed by atoms with van der Waals surface area (Å²) in [7, 11) is -3.37. The van der Waals surface area contributed by atoms with Crippen LogP contribution in [0.5, 0.6) is 0 Å². The Kier molecular flexibility index (Phi) is 4.05. The molecule has 0 radical (unpaired) electrons. The molecule has 0 fully saturated rings. The van der Waals surface area contributed by atoms with Crippen LogP contribution in [0.3, 0.4) is 0 Å². The average molecular weight is 282 g/mol. The Morgan fingerprint density at radius 2 is 2.16 bits per heavy atom. The predicted molar refractivity (Wildman–Crippen MR) is 69.3 cm³/mol. The fourth-order valence-corrected chi connectivity index (χ4v) is 2.60. The molecule has 19 heavy (non-hydrogen) atoms. The lowest BCUT2D eigenvalue weighted by molar-refractivity contribution is 0.597. The van der Waals surface area contributed by atoms with Crippen molar-refractivity contribution in [2.24, 2.45) is 0 Å². The molecule has 0 amide bonds. The summed E-state index contributed by atoms with van der Waals surface area (Å²) in [6.45, 7) is 1.93. The molecule has 2 heterocycles. The quantitative estimate of drug-likeness (QED) is 0.832. The van der Waals surface area contributed by atoms with Gasteiger partial charge < -0.3 is 0 Å². The standard InChI is InChI=1S/C10H14N6O2S/c1-2-3-4-19(17,18)15-9-5-10(13-7-12-9)16-8-11-6-14-16/h5-8H,2-4H2,1H3,(H,12,13,15). The van der Waals surface area contributed by atoms with Gasteiger partial charge in [0.15, 0.2) is 5.82 Å². The Morgan fingerprint density at radius 1 is 1.32 bits per heavy atom. The molecule has 1 N–H and O–H groups in total. The number of hydrogen-bond donors (Lipinski definition) is 1. The highest BCUT2D eigenvalue weighted by Gasteiger charge is 2.11. The monoisotopic (exact) mass is 282 g/mol. The van der Waals surface area contributed by atoms with Crippen LogP contribution in [0.1, 0.15) is 19.8 Å². The highest BCUT2D eigenvalue weighted by atomic mass is 32.2. The van der Waals surface area contributed by atoms with E-state index in [1.807, 2.05) is 6.92 Å². The Labute approximate surface area is 111 Å². The summed E-state index contributed by atoms with van der Waals surface area (Å²) < 4.78 is 27.3. The first-order valence-electron chi connectivity index (χ1n) is 5.78. The number of aromatic nitrogens is 5. The number of nitrogens with one attached hydrogen (secondary N) is 1. The smallest absolute Gasteiger partial charge is 0.233 e. The van der Waals surface area contributed by atoms with Gasteiger partial charge in [-0.3, -0.25) is 4.72 Å². The highest BCUT2D eigenvalue weighted by molar-refractivity contribution is 7.92. The van der Waals surface area contributed by atoms with Gasteiger partial charge in [-0.2, -0.15) is 5.10 Å². The number of anilines is 1. The molecule has 9 heteroatoms. The summed E-state index contributed by atoms with van der Waals surface area (Å²) in [6, 6.07) is 1.50. The van der Waals surface area contributed by atoms with Gasteiger partial charge in [0.1, 0.15) is 24.8 Å². The molecule has 0 aliphatic rings. The van der Waals surface area contributed by atoms with Gasteiger partial charge in [0.2, 0.25) is 10.0 Å². The number of hydrogen-bond acceptors (Lipinski definition) is 6. The van der Waals surface area contributed by atoms with Crippen LogP contribution < -0.4 is 4.72 Å². The third-order valence-corrected chi connectivity index (χ3v) is 3.68. The molecule has 0 unspecified atom stereocenters. The maximum atomic E-state index is 11.8. The molecule has 0 aliphatic heterocycles.